The third kappa shape index (κ3) is 123. The van der Waals surface area contributed by atoms with Gasteiger partial charge in [-0.1, -0.05) is 619 Å². The number of hydrogen-bond acceptors (Lipinski definition) is 2. The first-order chi connectivity index (χ1) is 56.7. The van der Waals surface area contributed by atoms with E-state index in [1.165, 1.54) is 578 Å². The van der Waals surface area contributed by atoms with Crippen LogP contribution in [0.2, 0.25) is 0 Å². The van der Waals surface area contributed by atoms with Crippen molar-refractivity contribution in [3.05, 3.63) is 0 Å². The maximum atomic E-state index is 7.50. The molecule has 0 unspecified atom stereocenters. The Kier molecular flexibility index (Phi) is 136. The fourth-order valence-corrected chi connectivity index (χ4v) is 23.3. The maximum absolute atomic E-state index is 7.50. The van der Waals surface area contributed by atoms with Crippen molar-refractivity contribution >= 4 is 29.4 Å². The fourth-order valence-electron chi connectivity index (χ4n) is 18.0. The Balaban J connectivity index is -0.000000666. The summed E-state index contributed by atoms with van der Waals surface area (Å²) in [5.74, 6) is 0. The summed E-state index contributed by atoms with van der Waals surface area (Å²) in [6.07, 6.45) is 153. The molecule has 0 saturated carbocycles. The smallest absolute Gasteiger partial charge is 0.281 e. The Hall–Kier alpha value is 0.694. The molecule has 0 aromatic carbocycles. The topological polar surface area (TPSA) is 34.1 Å². The van der Waals surface area contributed by atoms with Crippen LogP contribution in [0.25, 0.3) is 0 Å². The third-order valence-electron chi connectivity index (χ3n) is 26.0. The van der Waals surface area contributed by atoms with Gasteiger partial charge in [-0.25, -0.2) is 0 Å². The number of carbonyl (C=O) groups excluding carboxylic acids is 2. The molecule has 694 valence electrons. The maximum Gasteiger partial charge on any atom is 0.281 e. The second-order valence-electron chi connectivity index (χ2n) is 37.5. The average molecular weight is 1700 g/mol. The van der Waals surface area contributed by atoms with Gasteiger partial charge in [-0.2, -0.15) is 0 Å². The standard InChI is InChI=1S/2C54H111P.2CO.Ni/c2*1-4-7-10-13-16-19-22-25-28-31-34-37-40-43-46-49-52-55(53-50-47-44-41-38-35-32-29-26-23-20-17-14-11-8-5-2)54-51-48-45-42-39-36-33-30-27-24-21-18-15-12-9-6-3;2*1-2;/h2*4-54H2,1-3H3;;;. The van der Waals surface area contributed by atoms with Crippen LogP contribution in [-0.4, -0.2) is 50.5 Å². The van der Waals surface area contributed by atoms with Crippen molar-refractivity contribution < 1.29 is 26.1 Å². The molecule has 0 aliphatic carbocycles. The van der Waals surface area contributed by atoms with E-state index in [-0.39, 0.29) is 16.5 Å². The van der Waals surface area contributed by atoms with Crippen LogP contribution in [0.4, 0.5) is 0 Å². The fraction of sp³-hybridized carbons (Fsp3) is 0.982. The molecule has 0 aliphatic heterocycles. The second kappa shape index (κ2) is 125. The van der Waals surface area contributed by atoms with Gasteiger partial charge in [0, 0.05) is 16.5 Å². The molecule has 4 radical (unpaired) electrons. The molecule has 0 heterocycles. The molecule has 115 heavy (non-hydrogen) atoms. The van der Waals surface area contributed by atoms with Crippen molar-refractivity contribution in [2.45, 2.75) is 658 Å². The zero-order valence-corrected chi connectivity index (χ0v) is 83.9. The van der Waals surface area contributed by atoms with Gasteiger partial charge < -0.3 is 0 Å². The number of unbranched alkanes of at least 4 members (excludes halogenated alkanes) is 90. The van der Waals surface area contributed by atoms with Gasteiger partial charge in [-0.05, 0) is 75.5 Å². The van der Waals surface area contributed by atoms with E-state index >= 15 is 0 Å². The summed E-state index contributed by atoms with van der Waals surface area (Å²) in [5, 5.41) is 0. The zero-order valence-electron chi connectivity index (χ0n) is 81.2. The van der Waals surface area contributed by atoms with Crippen LogP contribution >= 0.6 is 15.8 Å². The van der Waals surface area contributed by atoms with Crippen LogP contribution in [0.5, 0.6) is 0 Å². The van der Waals surface area contributed by atoms with E-state index in [1.54, 1.807) is 75.5 Å². The van der Waals surface area contributed by atoms with Crippen LogP contribution in [0.15, 0.2) is 0 Å². The Morgan fingerprint density at radius 1 is 0.104 bits per heavy atom. The van der Waals surface area contributed by atoms with Gasteiger partial charge in [0.05, 0.1) is 0 Å². The molecule has 0 amide bonds. The predicted molar refractivity (Wildman–Crippen MR) is 532 cm³/mol. The molecule has 0 bridgehead atoms. The molecule has 2 nitrogen and oxygen atoms in total. The van der Waals surface area contributed by atoms with Gasteiger partial charge in [0.2, 0.25) is 0 Å². The molecule has 5 heteroatoms. The van der Waals surface area contributed by atoms with Crippen LogP contribution in [-0.2, 0) is 26.1 Å². The van der Waals surface area contributed by atoms with Gasteiger partial charge in [-0.15, -0.1) is 15.8 Å². The zero-order chi connectivity index (χ0) is 83.3. The molecule has 0 aromatic heterocycles. The summed E-state index contributed by atoms with van der Waals surface area (Å²) < 4.78 is 0. The van der Waals surface area contributed by atoms with Gasteiger partial charge in [-0.3, -0.25) is 9.59 Å². The van der Waals surface area contributed by atoms with Crippen LogP contribution in [0.1, 0.15) is 658 Å². The monoisotopic (exact) mass is 1700 g/mol. The summed E-state index contributed by atoms with van der Waals surface area (Å²) in [6, 6.07) is 0. The van der Waals surface area contributed by atoms with Crippen molar-refractivity contribution in [1.82, 2.24) is 0 Å². The SMILES string of the molecule is CCCCCCCCCCCCCCCCCCP(CCCCCCCCCCCCCCCCCC)CCCCCCCCCCCCCCCCCC.CCCCCCCCCCCCCCCCCCP(CCCCCCCCCCCCCCCCCC)CCCCCCCCCCCCCCCCCC.[C]=O.[C]=O.[Ni]. The molecule has 0 atom stereocenters. The Morgan fingerprint density at radius 2 is 0.157 bits per heavy atom. The van der Waals surface area contributed by atoms with Gasteiger partial charge in [0.1, 0.15) is 0 Å². The molecule has 0 saturated heterocycles. The minimum Gasteiger partial charge on any atom is -0.281 e. The molecular formula is C110H222NiO2P2. The molecule has 0 aromatic rings. The first kappa shape index (κ1) is 124. The number of rotatable bonds is 102. The van der Waals surface area contributed by atoms with E-state index in [4.69, 9.17) is 9.59 Å². The summed E-state index contributed by atoms with van der Waals surface area (Å²) in [5.41, 5.74) is 0. The van der Waals surface area contributed by atoms with Crippen molar-refractivity contribution in [2.75, 3.05) is 37.0 Å². The summed E-state index contributed by atoms with van der Waals surface area (Å²) in [7, 11) is 0.623. The largest absolute Gasteiger partial charge is 0.281 e. The Labute approximate surface area is 745 Å². The van der Waals surface area contributed by atoms with E-state index in [0.717, 1.165) is 0 Å². The average Bonchev–Trinajstić information content (AvgIpc) is 1.00. The van der Waals surface area contributed by atoms with Crippen molar-refractivity contribution in [1.29, 1.82) is 0 Å². The Bertz CT molecular complexity index is 1250. The van der Waals surface area contributed by atoms with Gasteiger partial charge in [0.25, 0.3) is 13.6 Å². The molecule has 0 N–H and O–H groups in total. The summed E-state index contributed by atoms with van der Waals surface area (Å²) in [6.45, 7) is 22.9. The summed E-state index contributed by atoms with van der Waals surface area (Å²) in [4.78, 5) is 15.0. The third-order valence-corrected chi connectivity index (χ3v) is 31.7. The first-order valence-electron chi connectivity index (χ1n) is 54.5. The predicted octanol–water partition coefficient (Wildman–Crippen LogP) is 41.7. The van der Waals surface area contributed by atoms with Crippen molar-refractivity contribution in [3.8, 4) is 0 Å². The molecule has 0 fully saturated rings. The van der Waals surface area contributed by atoms with E-state index in [9.17, 15) is 0 Å². The van der Waals surface area contributed by atoms with E-state index < -0.39 is 0 Å². The molecule has 0 spiro atoms. The van der Waals surface area contributed by atoms with Crippen LogP contribution < -0.4 is 0 Å². The first-order valence-corrected chi connectivity index (χ1v) is 58.3. The quantitative estimate of drug-likeness (QED) is 0.0345. The normalized spacial score (nSPS) is 11.3. The van der Waals surface area contributed by atoms with Crippen molar-refractivity contribution in [2.24, 2.45) is 0 Å². The summed E-state index contributed by atoms with van der Waals surface area (Å²) >= 11 is 0. The van der Waals surface area contributed by atoms with E-state index in [0.29, 0.717) is 15.8 Å². The molecular weight excluding hydrogens is 1470 g/mol. The van der Waals surface area contributed by atoms with Crippen LogP contribution in [0.3, 0.4) is 0 Å². The molecule has 0 aliphatic rings. The van der Waals surface area contributed by atoms with Crippen LogP contribution in [0, 0.1) is 0 Å². The number of hydrogen-bond donors (Lipinski definition) is 0. The molecule has 0 rings (SSSR count). The van der Waals surface area contributed by atoms with Crippen molar-refractivity contribution in [3.63, 3.8) is 0 Å². The Morgan fingerprint density at radius 3 is 0.217 bits per heavy atom. The second-order valence-corrected chi connectivity index (χ2v) is 42.9. The minimum absolute atomic E-state index is 0. The van der Waals surface area contributed by atoms with E-state index in [1.807, 2.05) is 0 Å². The van der Waals surface area contributed by atoms with Gasteiger partial charge in [0.15, 0.2) is 0 Å². The van der Waals surface area contributed by atoms with E-state index in [2.05, 4.69) is 55.1 Å². The minimum atomic E-state index is 0. The van der Waals surface area contributed by atoms with Gasteiger partial charge >= 0.3 is 0 Å².